The molecule has 2 N–H and O–H groups in total. The van der Waals surface area contributed by atoms with Crippen LogP contribution in [0.2, 0.25) is 0 Å². The van der Waals surface area contributed by atoms with Gasteiger partial charge in [0.25, 0.3) is 0 Å². The first-order chi connectivity index (χ1) is 9.53. The van der Waals surface area contributed by atoms with Crippen LogP contribution in [0.5, 0.6) is 0 Å². The molecule has 1 rings (SSSR count). The molecule has 0 aromatic heterocycles. The number of hydrogen-bond donors (Lipinski definition) is 1. The average Bonchev–Trinajstić information content (AvgIpc) is 2.77. The summed E-state index contributed by atoms with van der Waals surface area (Å²) in [7, 11) is 0. The molecule has 20 heavy (non-hydrogen) atoms. The first kappa shape index (κ1) is 16.6. The summed E-state index contributed by atoms with van der Waals surface area (Å²) in [5.41, 5.74) is 5.98. The molecule has 0 aromatic carbocycles. The highest BCUT2D eigenvalue weighted by Crippen LogP contribution is 2.22. The van der Waals surface area contributed by atoms with Gasteiger partial charge in [0.1, 0.15) is 18.9 Å². The maximum Gasteiger partial charge on any atom is 0.209 e. The average molecular weight is 279 g/mol. The Balaban J connectivity index is 2.58. The van der Waals surface area contributed by atoms with Gasteiger partial charge in [-0.05, 0) is 19.3 Å². The van der Waals surface area contributed by atoms with Crippen molar-refractivity contribution in [3.8, 4) is 0 Å². The van der Waals surface area contributed by atoms with Crippen molar-refractivity contribution < 1.29 is 14.4 Å². The van der Waals surface area contributed by atoms with Gasteiger partial charge in [-0.25, -0.2) is 9.48 Å². The Morgan fingerprint density at radius 1 is 1.50 bits per heavy atom. The number of amidine groups is 1. The predicted octanol–water partition coefficient (Wildman–Crippen LogP) is 1.27. The molecular weight excluding hydrogens is 254 g/mol. The zero-order valence-corrected chi connectivity index (χ0v) is 12.4. The summed E-state index contributed by atoms with van der Waals surface area (Å²) in [6.45, 7) is 3.80. The van der Waals surface area contributed by atoms with E-state index in [1.165, 1.54) is 0 Å². The highest BCUT2D eigenvalue weighted by atomic mass is 16.4. The van der Waals surface area contributed by atoms with Crippen LogP contribution in [-0.4, -0.2) is 29.0 Å². The number of rotatable bonds is 9. The van der Waals surface area contributed by atoms with Crippen molar-refractivity contribution >= 4 is 11.8 Å². The number of quaternary nitrogens is 1. The monoisotopic (exact) mass is 279 g/mol. The molecular formula is C15H25N3O2. The largest absolute Gasteiger partial charge is 0.544 e. The summed E-state index contributed by atoms with van der Waals surface area (Å²) in [5, 5.41) is 11.0. The van der Waals surface area contributed by atoms with Crippen molar-refractivity contribution in [1.82, 2.24) is 0 Å². The van der Waals surface area contributed by atoms with Gasteiger partial charge in [0.2, 0.25) is 5.84 Å². The molecule has 0 radical (unpaired) electrons. The van der Waals surface area contributed by atoms with Crippen molar-refractivity contribution in [3.05, 3.63) is 24.6 Å². The molecule has 5 heteroatoms. The quantitative estimate of drug-likeness (QED) is 0.392. The SMILES string of the molecule is CCC/C=C/CCCC1=NC=C[N+]1(CC(=O)[O-])C(C)N. The Morgan fingerprint density at radius 2 is 2.20 bits per heavy atom. The minimum atomic E-state index is -1.11. The highest BCUT2D eigenvalue weighted by molar-refractivity contribution is 5.81. The Bertz CT molecular complexity index is 413. The van der Waals surface area contributed by atoms with Gasteiger partial charge < -0.3 is 9.90 Å². The standard InChI is InChI=1S/C15H25N3O2/c1-3-4-5-6-7-8-9-14-17-10-11-18(14,13(2)16)12-15(19)20/h5-6,10-11,13H,3-4,7-9,12,16H2,1-2H3/b6-5+. The number of hydrogen-bond acceptors (Lipinski definition) is 4. The number of carbonyl (C=O) groups excluding carboxylic acids is 1. The number of carbonyl (C=O) groups is 1. The maximum absolute atomic E-state index is 11.0. The fraction of sp³-hybridized carbons (Fsp3) is 0.600. The van der Waals surface area contributed by atoms with Gasteiger partial charge in [0, 0.05) is 13.3 Å². The van der Waals surface area contributed by atoms with Crippen LogP contribution in [0.3, 0.4) is 0 Å². The second kappa shape index (κ2) is 7.97. The Kier molecular flexibility index (Phi) is 6.61. The van der Waals surface area contributed by atoms with Crippen molar-refractivity contribution in [2.45, 2.75) is 52.1 Å². The third-order valence-electron chi connectivity index (χ3n) is 3.55. The van der Waals surface area contributed by atoms with Crippen LogP contribution < -0.4 is 10.8 Å². The van der Waals surface area contributed by atoms with E-state index in [2.05, 4.69) is 24.1 Å². The van der Waals surface area contributed by atoms with Crippen LogP contribution in [0.25, 0.3) is 0 Å². The summed E-state index contributed by atoms with van der Waals surface area (Å²) >= 11 is 0. The molecule has 5 nitrogen and oxygen atoms in total. The summed E-state index contributed by atoms with van der Waals surface area (Å²) in [6.07, 6.45) is 12.3. The van der Waals surface area contributed by atoms with E-state index in [-0.39, 0.29) is 17.2 Å². The van der Waals surface area contributed by atoms with E-state index < -0.39 is 5.97 Å². The van der Waals surface area contributed by atoms with E-state index in [0.717, 1.165) is 37.9 Å². The van der Waals surface area contributed by atoms with Gasteiger partial charge in [-0.15, -0.1) is 0 Å². The van der Waals surface area contributed by atoms with Crippen molar-refractivity contribution in [1.29, 1.82) is 0 Å². The summed E-state index contributed by atoms with van der Waals surface area (Å²) in [5.74, 6) is -0.294. The molecule has 0 aliphatic carbocycles. The van der Waals surface area contributed by atoms with Gasteiger partial charge in [-0.2, -0.15) is 0 Å². The summed E-state index contributed by atoms with van der Waals surface area (Å²) in [6, 6.07) is 0. The lowest BCUT2D eigenvalue weighted by molar-refractivity contribution is -0.808. The Hall–Kier alpha value is -1.46. The first-order valence-corrected chi connectivity index (χ1v) is 7.25. The molecule has 0 saturated heterocycles. The van der Waals surface area contributed by atoms with Crippen molar-refractivity contribution in [2.24, 2.45) is 10.7 Å². The number of nitrogens with two attached hydrogens (primary N) is 1. The lowest BCUT2D eigenvalue weighted by Gasteiger charge is -2.36. The van der Waals surface area contributed by atoms with Gasteiger partial charge in [-0.3, -0.25) is 5.73 Å². The van der Waals surface area contributed by atoms with Gasteiger partial charge in [-0.1, -0.05) is 25.5 Å². The van der Waals surface area contributed by atoms with Crippen LogP contribution in [-0.2, 0) is 4.79 Å². The number of carboxylic acid groups (broad SMARTS) is 1. The second-order valence-corrected chi connectivity index (χ2v) is 5.20. The fourth-order valence-electron chi connectivity index (χ4n) is 2.36. The number of aliphatic carboxylic acids is 1. The number of aliphatic imine (C=N–C) groups is 1. The maximum atomic E-state index is 11.0. The molecule has 0 bridgehead atoms. The van der Waals surface area contributed by atoms with E-state index in [4.69, 9.17) is 5.73 Å². The molecule has 0 saturated carbocycles. The highest BCUT2D eigenvalue weighted by Gasteiger charge is 2.38. The topological polar surface area (TPSA) is 78.5 Å². The lowest BCUT2D eigenvalue weighted by Crippen LogP contribution is -2.60. The van der Waals surface area contributed by atoms with Crippen LogP contribution in [0.15, 0.2) is 29.5 Å². The normalized spacial score (nSPS) is 23.2. The smallest absolute Gasteiger partial charge is 0.209 e. The summed E-state index contributed by atoms with van der Waals surface area (Å²) in [4.78, 5) is 15.3. The predicted molar refractivity (Wildman–Crippen MR) is 78.3 cm³/mol. The molecule has 0 spiro atoms. The zero-order valence-electron chi connectivity index (χ0n) is 12.4. The molecule has 1 heterocycles. The molecule has 2 unspecified atom stereocenters. The van der Waals surface area contributed by atoms with E-state index >= 15 is 0 Å². The number of carboxylic acids is 1. The molecule has 0 amide bonds. The van der Waals surface area contributed by atoms with Gasteiger partial charge in [0.05, 0.1) is 12.2 Å². The van der Waals surface area contributed by atoms with Crippen LogP contribution in [0.1, 0.15) is 46.0 Å². The van der Waals surface area contributed by atoms with E-state index in [0.29, 0.717) is 0 Å². The molecule has 2 atom stereocenters. The molecule has 112 valence electrons. The zero-order chi connectivity index (χ0) is 15.0. The molecule has 0 aromatic rings. The minimum absolute atomic E-state index is 0.0843. The third kappa shape index (κ3) is 4.28. The first-order valence-electron chi connectivity index (χ1n) is 7.25. The lowest BCUT2D eigenvalue weighted by atomic mass is 10.1. The van der Waals surface area contributed by atoms with Crippen LogP contribution in [0.4, 0.5) is 0 Å². The number of unbranched alkanes of at least 4 members (excludes halogenated alkanes) is 2. The van der Waals surface area contributed by atoms with Gasteiger partial charge in [0.15, 0.2) is 0 Å². The van der Waals surface area contributed by atoms with E-state index in [1.807, 2.05) is 0 Å². The second-order valence-electron chi connectivity index (χ2n) is 5.20. The summed E-state index contributed by atoms with van der Waals surface area (Å²) < 4.78 is 0.0843. The molecule has 1 aliphatic rings. The van der Waals surface area contributed by atoms with Crippen LogP contribution in [0, 0.1) is 0 Å². The van der Waals surface area contributed by atoms with E-state index in [1.54, 1.807) is 19.3 Å². The Morgan fingerprint density at radius 3 is 2.80 bits per heavy atom. The third-order valence-corrected chi connectivity index (χ3v) is 3.55. The van der Waals surface area contributed by atoms with E-state index in [9.17, 15) is 9.90 Å². The van der Waals surface area contributed by atoms with Crippen molar-refractivity contribution in [2.75, 3.05) is 6.54 Å². The van der Waals surface area contributed by atoms with Gasteiger partial charge >= 0.3 is 0 Å². The number of allylic oxidation sites excluding steroid dienone is 2. The van der Waals surface area contributed by atoms with Crippen LogP contribution >= 0.6 is 0 Å². The fourth-order valence-corrected chi connectivity index (χ4v) is 2.36. The molecule has 1 aliphatic heterocycles. The minimum Gasteiger partial charge on any atom is -0.544 e. The van der Waals surface area contributed by atoms with Crippen molar-refractivity contribution in [3.63, 3.8) is 0 Å². The Labute approximate surface area is 121 Å². The molecule has 0 fully saturated rings. The number of nitrogens with zero attached hydrogens (tertiary/aromatic N) is 2.